The van der Waals surface area contributed by atoms with Crippen LogP contribution in [0.3, 0.4) is 0 Å². The van der Waals surface area contributed by atoms with E-state index < -0.39 is 6.10 Å². The first-order chi connectivity index (χ1) is 12.6. The number of hydrogen-bond acceptors (Lipinski definition) is 3. The number of aryl methyl sites for hydroxylation is 2. The van der Waals surface area contributed by atoms with E-state index in [4.69, 9.17) is 9.47 Å². The second-order valence-electron chi connectivity index (χ2n) is 6.36. The third-order valence-corrected chi connectivity index (χ3v) is 4.06. The average molecular weight is 355 g/mol. The van der Waals surface area contributed by atoms with Crippen molar-refractivity contribution in [3.8, 4) is 11.5 Å². The monoisotopic (exact) mass is 355 g/mol. The third-order valence-electron chi connectivity index (χ3n) is 4.06. The number of benzene rings is 2. The third kappa shape index (κ3) is 6.43. The van der Waals surface area contributed by atoms with Gasteiger partial charge in [0, 0.05) is 0 Å². The highest BCUT2D eigenvalue weighted by Gasteiger charge is 2.17. The molecule has 1 N–H and O–H groups in total. The van der Waals surface area contributed by atoms with Crippen molar-refractivity contribution in [1.29, 1.82) is 0 Å². The Morgan fingerprint density at radius 3 is 2.50 bits per heavy atom. The summed E-state index contributed by atoms with van der Waals surface area (Å²) < 4.78 is 11.5. The summed E-state index contributed by atoms with van der Waals surface area (Å²) in [4.78, 5) is 12.3. The molecule has 0 bridgehead atoms. The minimum atomic E-state index is -0.495. The van der Waals surface area contributed by atoms with Gasteiger partial charge >= 0.3 is 0 Å². The Bertz CT molecular complexity index is 682. The molecule has 0 saturated heterocycles. The van der Waals surface area contributed by atoms with Crippen LogP contribution in [0.25, 0.3) is 0 Å². The second-order valence-corrected chi connectivity index (χ2v) is 6.36. The highest BCUT2D eigenvalue weighted by Crippen LogP contribution is 2.16. The first-order valence-electron chi connectivity index (χ1n) is 9.35. The van der Waals surface area contributed by atoms with Crippen molar-refractivity contribution in [3.05, 3.63) is 59.7 Å². The Morgan fingerprint density at radius 2 is 1.85 bits per heavy atom. The topological polar surface area (TPSA) is 47.6 Å². The van der Waals surface area contributed by atoms with Crippen LogP contribution in [0, 0.1) is 6.92 Å². The number of carbonyl (C=O) groups excluding carboxylic acids is 1. The molecule has 0 aliphatic carbocycles. The Balaban J connectivity index is 1.74. The van der Waals surface area contributed by atoms with Crippen molar-refractivity contribution in [2.45, 2.75) is 46.1 Å². The van der Waals surface area contributed by atoms with Gasteiger partial charge in [-0.2, -0.15) is 0 Å². The average Bonchev–Trinajstić information content (AvgIpc) is 2.64. The summed E-state index contributed by atoms with van der Waals surface area (Å²) in [6.45, 7) is 6.98. The molecule has 26 heavy (non-hydrogen) atoms. The largest absolute Gasteiger partial charge is 0.492 e. The number of carbonyl (C=O) groups is 1. The van der Waals surface area contributed by atoms with E-state index in [9.17, 15) is 4.79 Å². The predicted octanol–water partition coefficient (Wildman–Crippen LogP) is 4.30. The molecule has 4 nitrogen and oxygen atoms in total. The molecule has 2 rings (SSSR count). The van der Waals surface area contributed by atoms with E-state index in [1.807, 2.05) is 50.2 Å². The molecule has 0 spiro atoms. The molecule has 4 heteroatoms. The molecule has 0 aromatic heterocycles. The number of hydrogen-bond donors (Lipinski definition) is 1. The van der Waals surface area contributed by atoms with Gasteiger partial charge in [-0.15, -0.1) is 0 Å². The van der Waals surface area contributed by atoms with Gasteiger partial charge in [-0.25, -0.2) is 0 Å². The van der Waals surface area contributed by atoms with Crippen LogP contribution >= 0.6 is 0 Å². The molecule has 0 heterocycles. The van der Waals surface area contributed by atoms with Crippen LogP contribution < -0.4 is 14.8 Å². The number of nitrogens with one attached hydrogen (secondary N) is 1. The van der Waals surface area contributed by atoms with Crippen LogP contribution in [-0.4, -0.2) is 25.2 Å². The van der Waals surface area contributed by atoms with Gasteiger partial charge in [-0.05, 0) is 55.2 Å². The number of ether oxygens (including phenoxy) is 2. The molecule has 140 valence electrons. The maximum absolute atomic E-state index is 12.3. The summed E-state index contributed by atoms with van der Waals surface area (Å²) in [7, 11) is 0. The summed E-state index contributed by atoms with van der Waals surface area (Å²) in [6, 6.07) is 15.8. The quantitative estimate of drug-likeness (QED) is 0.647. The summed E-state index contributed by atoms with van der Waals surface area (Å²) in [5.41, 5.74) is 2.42. The fraction of sp³-hybridized carbons (Fsp3) is 0.409. The van der Waals surface area contributed by atoms with Crippen LogP contribution in [0.4, 0.5) is 0 Å². The maximum Gasteiger partial charge on any atom is 0.261 e. The lowest BCUT2D eigenvalue weighted by atomic mass is 10.1. The van der Waals surface area contributed by atoms with Gasteiger partial charge in [0.1, 0.15) is 18.1 Å². The van der Waals surface area contributed by atoms with Crippen molar-refractivity contribution < 1.29 is 14.3 Å². The van der Waals surface area contributed by atoms with E-state index >= 15 is 0 Å². The number of amides is 1. The normalized spacial score (nSPS) is 11.7. The lowest BCUT2D eigenvalue weighted by Crippen LogP contribution is -2.39. The van der Waals surface area contributed by atoms with Gasteiger partial charge < -0.3 is 14.8 Å². The maximum atomic E-state index is 12.3. The molecular formula is C22H29NO3. The van der Waals surface area contributed by atoms with Crippen molar-refractivity contribution in [2.24, 2.45) is 0 Å². The highest BCUT2D eigenvalue weighted by atomic mass is 16.5. The fourth-order valence-electron chi connectivity index (χ4n) is 2.67. The van der Waals surface area contributed by atoms with E-state index in [0.29, 0.717) is 19.6 Å². The zero-order valence-electron chi connectivity index (χ0n) is 16.0. The number of rotatable bonds is 10. The summed E-state index contributed by atoms with van der Waals surface area (Å²) in [6.07, 6.45) is 2.33. The molecule has 0 saturated carbocycles. The minimum absolute atomic E-state index is 0.115. The van der Waals surface area contributed by atoms with Crippen LogP contribution in [0.15, 0.2) is 48.5 Å². The smallest absolute Gasteiger partial charge is 0.261 e. The first-order valence-corrected chi connectivity index (χ1v) is 9.35. The second kappa shape index (κ2) is 10.5. The lowest BCUT2D eigenvalue weighted by Gasteiger charge is -2.17. The van der Waals surface area contributed by atoms with Crippen LogP contribution in [0.2, 0.25) is 0 Å². The van der Waals surface area contributed by atoms with Gasteiger partial charge in [-0.1, -0.05) is 44.5 Å². The zero-order chi connectivity index (χ0) is 18.8. The SMILES string of the molecule is CCCc1ccc(OCCNC(=O)[C@H](CC)Oc2cccc(C)c2)cc1. The van der Waals surface area contributed by atoms with Gasteiger partial charge in [0.2, 0.25) is 0 Å². The van der Waals surface area contributed by atoms with Gasteiger partial charge in [0.25, 0.3) is 5.91 Å². The van der Waals surface area contributed by atoms with Crippen LogP contribution in [0.1, 0.15) is 37.8 Å². The van der Waals surface area contributed by atoms with Crippen molar-refractivity contribution in [2.75, 3.05) is 13.2 Å². The molecule has 0 radical (unpaired) electrons. The predicted molar refractivity (Wildman–Crippen MR) is 105 cm³/mol. The van der Waals surface area contributed by atoms with Crippen LogP contribution in [-0.2, 0) is 11.2 Å². The molecular weight excluding hydrogens is 326 g/mol. The molecule has 1 atom stereocenters. The molecule has 2 aromatic carbocycles. The zero-order valence-corrected chi connectivity index (χ0v) is 16.0. The first kappa shape index (κ1) is 19.8. The van der Waals surface area contributed by atoms with Gasteiger partial charge in [0.05, 0.1) is 6.54 Å². The van der Waals surface area contributed by atoms with Crippen molar-refractivity contribution in [1.82, 2.24) is 5.32 Å². The fourth-order valence-corrected chi connectivity index (χ4v) is 2.67. The molecule has 0 aliphatic rings. The van der Waals surface area contributed by atoms with E-state index in [-0.39, 0.29) is 5.91 Å². The Hall–Kier alpha value is -2.49. The standard InChI is InChI=1S/C22H29NO3/c1-4-7-18-10-12-19(13-11-18)25-15-14-23-22(24)21(5-2)26-20-9-6-8-17(3)16-20/h6,8-13,16,21H,4-5,7,14-15H2,1-3H3,(H,23,24)/t21-/m0/s1. The van der Waals surface area contributed by atoms with Crippen molar-refractivity contribution in [3.63, 3.8) is 0 Å². The van der Waals surface area contributed by atoms with Crippen molar-refractivity contribution >= 4 is 5.91 Å². The Labute approximate surface area is 156 Å². The Kier molecular flexibility index (Phi) is 8.00. The molecule has 1 amide bonds. The molecule has 0 unspecified atom stereocenters. The molecule has 0 fully saturated rings. The van der Waals surface area contributed by atoms with E-state index in [1.54, 1.807) is 0 Å². The lowest BCUT2D eigenvalue weighted by molar-refractivity contribution is -0.128. The van der Waals surface area contributed by atoms with E-state index in [0.717, 1.165) is 29.9 Å². The molecule has 0 aliphatic heterocycles. The molecule has 2 aromatic rings. The van der Waals surface area contributed by atoms with E-state index in [2.05, 4.69) is 24.4 Å². The van der Waals surface area contributed by atoms with E-state index in [1.165, 1.54) is 5.56 Å². The van der Waals surface area contributed by atoms with Gasteiger partial charge in [-0.3, -0.25) is 4.79 Å². The van der Waals surface area contributed by atoms with Gasteiger partial charge in [0.15, 0.2) is 6.10 Å². The summed E-state index contributed by atoms with van der Waals surface area (Å²) in [5, 5.41) is 2.88. The van der Waals surface area contributed by atoms with Crippen LogP contribution in [0.5, 0.6) is 11.5 Å². The summed E-state index contributed by atoms with van der Waals surface area (Å²) in [5.74, 6) is 1.42. The Morgan fingerprint density at radius 1 is 1.08 bits per heavy atom. The highest BCUT2D eigenvalue weighted by molar-refractivity contribution is 5.81. The summed E-state index contributed by atoms with van der Waals surface area (Å²) >= 11 is 0. The minimum Gasteiger partial charge on any atom is -0.492 e.